The second kappa shape index (κ2) is 5.52. The van der Waals surface area contributed by atoms with Gasteiger partial charge in [0.1, 0.15) is 5.76 Å². The Labute approximate surface area is 117 Å². The average Bonchev–Trinajstić information content (AvgIpc) is 2.37. The summed E-state index contributed by atoms with van der Waals surface area (Å²) in [6.45, 7) is 4.49. The lowest BCUT2D eigenvalue weighted by Gasteiger charge is -2.37. The molecule has 0 aromatic rings. The number of carbonyl (C=O) groups is 1. The van der Waals surface area contributed by atoms with Crippen LogP contribution in [0.2, 0.25) is 0 Å². The van der Waals surface area contributed by atoms with Gasteiger partial charge in [0.25, 0.3) is 0 Å². The molecule has 0 fully saturated rings. The first-order chi connectivity index (χ1) is 9.36. The van der Waals surface area contributed by atoms with Crippen LogP contribution < -0.4 is 0 Å². The Balaban J connectivity index is 2.30. The normalized spacial score (nSPS) is 25.2. The summed E-state index contributed by atoms with van der Waals surface area (Å²) in [7, 11) is 1.53. The minimum Gasteiger partial charge on any atom is -0.428 e. The molecule has 2 aliphatic rings. The maximum Gasteiger partial charge on any atom is 0.482 e. The predicted molar refractivity (Wildman–Crippen MR) is 68.8 cm³/mol. The molecule has 0 saturated carbocycles. The van der Waals surface area contributed by atoms with E-state index < -0.39 is 12.0 Å². The molecule has 1 amide bonds. The number of hydrogen-bond acceptors (Lipinski definition) is 3. The minimum absolute atomic E-state index is 0.138. The van der Waals surface area contributed by atoms with E-state index >= 15 is 0 Å². The van der Waals surface area contributed by atoms with Crippen LogP contribution in [0.3, 0.4) is 0 Å². The highest BCUT2D eigenvalue weighted by atomic mass is 19.3. The van der Waals surface area contributed by atoms with Gasteiger partial charge in [-0.25, -0.2) is 0 Å². The molecule has 6 heteroatoms. The maximum atomic E-state index is 13.7. The largest absolute Gasteiger partial charge is 0.482 e. The zero-order valence-electron chi connectivity index (χ0n) is 11.9. The zero-order chi connectivity index (χ0) is 14.9. The van der Waals surface area contributed by atoms with Gasteiger partial charge >= 0.3 is 12.0 Å². The molecule has 20 heavy (non-hydrogen) atoms. The van der Waals surface area contributed by atoms with Gasteiger partial charge < -0.3 is 14.4 Å². The molecular formula is C14H19F2NO3. The molecule has 0 saturated heterocycles. The third kappa shape index (κ3) is 2.70. The summed E-state index contributed by atoms with van der Waals surface area (Å²) < 4.78 is 36.8. The third-order valence-corrected chi connectivity index (χ3v) is 3.69. The minimum atomic E-state index is -3.77. The number of hydrogen-bond donors (Lipinski definition) is 0. The van der Waals surface area contributed by atoms with Gasteiger partial charge in [0.2, 0.25) is 0 Å². The summed E-state index contributed by atoms with van der Waals surface area (Å²) in [5.74, 6) is -0.963. The lowest BCUT2D eigenvalue weighted by Crippen LogP contribution is -2.49. The van der Waals surface area contributed by atoms with Crippen LogP contribution in [0.4, 0.5) is 8.78 Å². The van der Waals surface area contributed by atoms with Gasteiger partial charge in [-0.05, 0) is 25.3 Å². The van der Waals surface area contributed by atoms with Crippen LogP contribution in [-0.2, 0) is 14.3 Å². The number of nitrogens with zero attached hydrogens (tertiary/aromatic N) is 1. The first kappa shape index (κ1) is 15.0. The first-order valence-corrected chi connectivity index (χ1v) is 6.66. The fourth-order valence-electron chi connectivity index (χ4n) is 2.36. The van der Waals surface area contributed by atoms with Gasteiger partial charge in [0, 0.05) is 26.7 Å². The summed E-state index contributed by atoms with van der Waals surface area (Å²) in [5.41, 5.74) is 1.52. The summed E-state index contributed by atoms with van der Waals surface area (Å²) in [6.07, 6.45) is -1.12. The van der Waals surface area contributed by atoms with E-state index in [-0.39, 0.29) is 18.2 Å². The SMILES string of the molecule is COCCCN1C(=O)C(F)(F)OC2=C1C=C(C)C(C)C2. The van der Waals surface area contributed by atoms with E-state index in [4.69, 9.17) is 4.74 Å². The van der Waals surface area contributed by atoms with Gasteiger partial charge in [-0.3, -0.25) is 4.79 Å². The number of allylic oxidation sites excluding steroid dienone is 3. The van der Waals surface area contributed by atoms with Crippen LogP contribution in [0.15, 0.2) is 23.1 Å². The molecule has 0 spiro atoms. The van der Waals surface area contributed by atoms with Crippen molar-refractivity contribution in [2.45, 2.75) is 32.8 Å². The Morgan fingerprint density at radius 1 is 1.55 bits per heavy atom. The van der Waals surface area contributed by atoms with Crippen LogP contribution in [0.1, 0.15) is 26.7 Å². The van der Waals surface area contributed by atoms with Crippen LogP contribution in [-0.4, -0.2) is 37.2 Å². The number of rotatable bonds is 4. The molecule has 1 heterocycles. The number of amides is 1. The topological polar surface area (TPSA) is 38.8 Å². The molecule has 1 unspecified atom stereocenters. The lowest BCUT2D eigenvalue weighted by molar-refractivity contribution is -0.231. The van der Waals surface area contributed by atoms with E-state index in [0.717, 1.165) is 10.5 Å². The second-order valence-corrected chi connectivity index (χ2v) is 5.22. The maximum absolute atomic E-state index is 13.7. The number of ether oxygens (including phenoxy) is 2. The molecule has 2 rings (SSSR count). The Morgan fingerprint density at radius 3 is 2.90 bits per heavy atom. The van der Waals surface area contributed by atoms with Gasteiger partial charge in [-0.1, -0.05) is 12.5 Å². The van der Waals surface area contributed by atoms with E-state index in [0.29, 0.717) is 25.1 Å². The molecule has 1 aliphatic heterocycles. The first-order valence-electron chi connectivity index (χ1n) is 6.66. The van der Waals surface area contributed by atoms with Gasteiger partial charge in [0.15, 0.2) is 0 Å². The number of methoxy groups -OCH3 is 1. The van der Waals surface area contributed by atoms with Crippen LogP contribution >= 0.6 is 0 Å². The summed E-state index contributed by atoms with van der Waals surface area (Å²) in [5, 5.41) is 0. The predicted octanol–water partition coefficient (Wildman–Crippen LogP) is 2.67. The second-order valence-electron chi connectivity index (χ2n) is 5.22. The average molecular weight is 287 g/mol. The van der Waals surface area contributed by atoms with Crippen molar-refractivity contribution in [3.05, 3.63) is 23.1 Å². The highest BCUT2D eigenvalue weighted by molar-refractivity contribution is 5.85. The fourth-order valence-corrected chi connectivity index (χ4v) is 2.36. The van der Waals surface area contributed by atoms with E-state index in [1.54, 1.807) is 6.08 Å². The van der Waals surface area contributed by atoms with Crippen molar-refractivity contribution in [2.24, 2.45) is 5.92 Å². The fraction of sp³-hybridized carbons (Fsp3) is 0.643. The van der Waals surface area contributed by atoms with Gasteiger partial charge in [-0.15, -0.1) is 0 Å². The number of carbonyl (C=O) groups excluding carboxylic acids is 1. The van der Waals surface area contributed by atoms with Crippen molar-refractivity contribution in [1.82, 2.24) is 4.90 Å². The lowest BCUT2D eigenvalue weighted by atomic mass is 9.91. The molecule has 1 atom stereocenters. The van der Waals surface area contributed by atoms with Crippen molar-refractivity contribution < 1.29 is 23.0 Å². The van der Waals surface area contributed by atoms with E-state index in [1.165, 1.54) is 7.11 Å². The summed E-state index contributed by atoms with van der Waals surface area (Å²) in [4.78, 5) is 12.9. The quantitative estimate of drug-likeness (QED) is 0.746. The highest BCUT2D eigenvalue weighted by Crippen LogP contribution is 2.39. The monoisotopic (exact) mass is 287 g/mol. The standard InChI is InChI=1S/C14H19F2NO3/c1-9-7-11-12(8-10(9)2)20-14(15,16)13(18)17(11)5-4-6-19-3/h7,10H,4-6,8H2,1-3H3. The molecular weight excluding hydrogens is 268 g/mol. The number of halogens is 2. The van der Waals surface area contributed by atoms with Gasteiger partial charge in [-0.2, -0.15) is 8.78 Å². The van der Waals surface area contributed by atoms with Crippen LogP contribution in [0, 0.1) is 5.92 Å². The van der Waals surface area contributed by atoms with Crippen molar-refractivity contribution in [2.75, 3.05) is 20.3 Å². The van der Waals surface area contributed by atoms with Gasteiger partial charge in [0.05, 0.1) is 5.70 Å². The highest BCUT2D eigenvalue weighted by Gasteiger charge is 2.51. The summed E-state index contributed by atoms with van der Waals surface area (Å²) >= 11 is 0. The molecule has 0 aromatic heterocycles. The molecule has 112 valence electrons. The molecule has 0 aromatic carbocycles. The molecule has 4 nitrogen and oxygen atoms in total. The smallest absolute Gasteiger partial charge is 0.428 e. The van der Waals surface area contributed by atoms with Crippen molar-refractivity contribution >= 4 is 5.91 Å². The van der Waals surface area contributed by atoms with Crippen molar-refractivity contribution in [3.63, 3.8) is 0 Å². The summed E-state index contributed by atoms with van der Waals surface area (Å²) in [6, 6.07) is 0. The van der Waals surface area contributed by atoms with E-state index in [9.17, 15) is 13.6 Å². The zero-order valence-corrected chi connectivity index (χ0v) is 11.9. The molecule has 0 radical (unpaired) electrons. The Morgan fingerprint density at radius 2 is 2.25 bits per heavy atom. The van der Waals surface area contributed by atoms with E-state index in [2.05, 4.69) is 4.74 Å². The van der Waals surface area contributed by atoms with Crippen LogP contribution in [0.5, 0.6) is 0 Å². The Kier molecular flexibility index (Phi) is 4.13. The molecule has 1 aliphatic carbocycles. The number of alkyl halides is 2. The molecule has 0 bridgehead atoms. The van der Waals surface area contributed by atoms with Crippen molar-refractivity contribution in [1.29, 1.82) is 0 Å². The van der Waals surface area contributed by atoms with E-state index in [1.807, 2.05) is 13.8 Å². The van der Waals surface area contributed by atoms with Crippen LogP contribution in [0.25, 0.3) is 0 Å². The Hall–Kier alpha value is -1.43. The van der Waals surface area contributed by atoms with Crippen molar-refractivity contribution in [3.8, 4) is 0 Å². The Bertz CT molecular complexity index is 471. The third-order valence-electron chi connectivity index (χ3n) is 3.69. The molecule has 0 N–H and O–H groups in total.